The highest BCUT2D eigenvalue weighted by molar-refractivity contribution is 5.81. The van der Waals surface area contributed by atoms with Crippen LogP contribution in [-0.4, -0.2) is 43.1 Å². The van der Waals surface area contributed by atoms with Crippen LogP contribution >= 0.6 is 0 Å². The molecule has 1 aliphatic carbocycles. The standard InChI is InChI=1S/C19H29FN2O2/c1-4-16(24-17-11-7-6-10-15(17)20)18(23)21-14-19(22(2)3)12-8-5-9-13-19/h6-7,10-11,16H,4-5,8-9,12-14H2,1-3H3,(H,21,23)/t16-/m0/s1. The molecule has 1 aromatic carbocycles. The number of ether oxygens (including phenoxy) is 1. The summed E-state index contributed by atoms with van der Waals surface area (Å²) in [4.78, 5) is 14.7. The smallest absolute Gasteiger partial charge is 0.261 e. The molecule has 5 heteroatoms. The second-order valence-electron chi connectivity index (χ2n) is 6.84. The zero-order valence-corrected chi connectivity index (χ0v) is 15.0. The van der Waals surface area contributed by atoms with E-state index in [1.54, 1.807) is 18.2 Å². The molecule has 0 aromatic heterocycles. The molecule has 1 aliphatic rings. The van der Waals surface area contributed by atoms with E-state index in [2.05, 4.69) is 24.3 Å². The number of benzene rings is 1. The summed E-state index contributed by atoms with van der Waals surface area (Å²) in [5.41, 5.74) is 0.0181. The first-order valence-electron chi connectivity index (χ1n) is 8.85. The Balaban J connectivity index is 1.97. The first-order chi connectivity index (χ1) is 11.5. The van der Waals surface area contributed by atoms with Crippen molar-refractivity contribution in [3.8, 4) is 5.75 Å². The third kappa shape index (κ3) is 4.47. The Labute approximate surface area is 144 Å². The van der Waals surface area contributed by atoms with Crippen LogP contribution in [0, 0.1) is 5.82 Å². The van der Waals surface area contributed by atoms with Crippen LogP contribution in [0.25, 0.3) is 0 Å². The Morgan fingerprint density at radius 3 is 2.54 bits per heavy atom. The van der Waals surface area contributed by atoms with Crippen LogP contribution in [0.1, 0.15) is 45.4 Å². The molecule has 0 unspecified atom stereocenters. The van der Waals surface area contributed by atoms with Crippen LogP contribution < -0.4 is 10.1 Å². The van der Waals surface area contributed by atoms with Crippen molar-refractivity contribution in [2.75, 3.05) is 20.6 Å². The van der Waals surface area contributed by atoms with Gasteiger partial charge in [0.05, 0.1) is 0 Å². The quantitative estimate of drug-likeness (QED) is 0.830. The van der Waals surface area contributed by atoms with E-state index >= 15 is 0 Å². The fourth-order valence-corrected chi connectivity index (χ4v) is 3.37. The summed E-state index contributed by atoms with van der Waals surface area (Å²) in [5.74, 6) is -0.493. The largest absolute Gasteiger partial charge is 0.478 e. The number of rotatable bonds is 7. The Bertz CT molecular complexity index is 542. The van der Waals surface area contributed by atoms with Crippen molar-refractivity contribution in [2.45, 2.75) is 57.1 Å². The van der Waals surface area contributed by atoms with Crippen LogP contribution in [0.5, 0.6) is 5.75 Å². The Morgan fingerprint density at radius 1 is 1.29 bits per heavy atom. The molecule has 0 saturated heterocycles. The van der Waals surface area contributed by atoms with E-state index in [1.165, 1.54) is 25.3 Å². The van der Waals surface area contributed by atoms with Crippen LogP contribution in [0.3, 0.4) is 0 Å². The molecule has 1 amide bonds. The lowest BCUT2D eigenvalue weighted by Crippen LogP contribution is -2.55. The first kappa shape index (κ1) is 18.7. The minimum atomic E-state index is -0.676. The predicted octanol–water partition coefficient (Wildman–Crippen LogP) is 3.36. The number of halogens is 1. The van der Waals surface area contributed by atoms with Crippen LogP contribution in [0.4, 0.5) is 4.39 Å². The average Bonchev–Trinajstić information content (AvgIpc) is 2.59. The number of nitrogens with one attached hydrogen (secondary N) is 1. The van der Waals surface area contributed by atoms with Crippen molar-refractivity contribution in [3.05, 3.63) is 30.1 Å². The summed E-state index contributed by atoms with van der Waals surface area (Å²) in [6, 6.07) is 6.19. The van der Waals surface area contributed by atoms with Gasteiger partial charge in [-0.1, -0.05) is 38.3 Å². The molecule has 24 heavy (non-hydrogen) atoms. The molecule has 4 nitrogen and oxygen atoms in total. The molecule has 1 N–H and O–H groups in total. The zero-order valence-electron chi connectivity index (χ0n) is 15.0. The van der Waals surface area contributed by atoms with E-state index in [9.17, 15) is 9.18 Å². The topological polar surface area (TPSA) is 41.6 Å². The van der Waals surface area contributed by atoms with E-state index in [0.717, 1.165) is 12.8 Å². The van der Waals surface area contributed by atoms with Gasteiger partial charge in [0, 0.05) is 12.1 Å². The van der Waals surface area contributed by atoms with Gasteiger partial charge >= 0.3 is 0 Å². The number of hydrogen-bond donors (Lipinski definition) is 1. The van der Waals surface area contributed by atoms with E-state index in [4.69, 9.17) is 4.74 Å². The van der Waals surface area contributed by atoms with Crippen molar-refractivity contribution in [1.29, 1.82) is 0 Å². The van der Waals surface area contributed by atoms with Gasteiger partial charge in [0.1, 0.15) is 0 Å². The number of nitrogens with zero attached hydrogens (tertiary/aromatic N) is 1. The number of carbonyl (C=O) groups excluding carboxylic acids is 1. The maximum atomic E-state index is 13.7. The third-order valence-corrected chi connectivity index (χ3v) is 5.09. The van der Waals surface area contributed by atoms with E-state index in [1.807, 2.05) is 6.92 Å². The van der Waals surface area contributed by atoms with E-state index in [0.29, 0.717) is 13.0 Å². The van der Waals surface area contributed by atoms with E-state index < -0.39 is 11.9 Å². The van der Waals surface area contributed by atoms with Gasteiger partial charge < -0.3 is 15.0 Å². The van der Waals surface area contributed by atoms with Crippen LogP contribution in [0.2, 0.25) is 0 Å². The molecule has 0 spiro atoms. The van der Waals surface area contributed by atoms with Crippen molar-refractivity contribution in [3.63, 3.8) is 0 Å². The lowest BCUT2D eigenvalue weighted by atomic mass is 9.80. The number of hydrogen-bond acceptors (Lipinski definition) is 3. The SMILES string of the molecule is CC[C@H](Oc1ccccc1F)C(=O)NCC1(N(C)C)CCCCC1. The highest BCUT2D eigenvalue weighted by atomic mass is 19.1. The second-order valence-corrected chi connectivity index (χ2v) is 6.84. The summed E-state index contributed by atoms with van der Waals surface area (Å²) >= 11 is 0. The summed E-state index contributed by atoms with van der Waals surface area (Å²) in [7, 11) is 4.15. The molecule has 1 fully saturated rings. The third-order valence-electron chi connectivity index (χ3n) is 5.09. The number of carbonyl (C=O) groups is 1. The monoisotopic (exact) mass is 336 g/mol. The summed E-state index contributed by atoms with van der Waals surface area (Å²) in [5, 5.41) is 3.04. The van der Waals surface area contributed by atoms with Gasteiger partial charge in [0.25, 0.3) is 5.91 Å². The fraction of sp³-hybridized carbons (Fsp3) is 0.632. The van der Waals surface area contributed by atoms with Crippen LogP contribution in [-0.2, 0) is 4.79 Å². The Kier molecular flexibility index (Phi) is 6.60. The molecule has 0 heterocycles. The fourth-order valence-electron chi connectivity index (χ4n) is 3.37. The predicted molar refractivity (Wildman–Crippen MR) is 93.6 cm³/mol. The van der Waals surface area contributed by atoms with Gasteiger partial charge in [-0.25, -0.2) is 4.39 Å². The van der Waals surface area contributed by atoms with Gasteiger partial charge in [0.15, 0.2) is 17.7 Å². The van der Waals surface area contributed by atoms with Crippen molar-refractivity contribution in [1.82, 2.24) is 10.2 Å². The molecular formula is C19H29FN2O2. The van der Waals surface area contributed by atoms with Gasteiger partial charge in [-0.3, -0.25) is 4.79 Å². The van der Waals surface area contributed by atoms with Crippen molar-refractivity contribution < 1.29 is 13.9 Å². The minimum absolute atomic E-state index is 0.0181. The molecule has 1 aromatic rings. The maximum absolute atomic E-state index is 13.7. The van der Waals surface area contributed by atoms with Crippen molar-refractivity contribution in [2.24, 2.45) is 0 Å². The normalized spacial score (nSPS) is 18.2. The Morgan fingerprint density at radius 2 is 1.96 bits per heavy atom. The number of amides is 1. The molecule has 1 atom stereocenters. The highest BCUT2D eigenvalue weighted by Crippen LogP contribution is 2.31. The maximum Gasteiger partial charge on any atom is 0.261 e. The molecule has 0 bridgehead atoms. The minimum Gasteiger partial charge on any atom is -0.478 e. The van der Waals surface area contributed by atoms with E-state index in [-0.39, 0.29) is 17.2 Å². The molecule has 0 aliphatic heterocycles. The Hall–Kier alpha value is -1.62. The summed E-state index contributed by atoms with van der Waals surface area (Å²) < 4.78 is 19.3. The molecule has 1 saturated carbocycles. The number of para-hydroxylation sites is 1. The second kappa shape index (κ2) is 8.47. The highest BCUT2D eigenvalue weighted by Gasteiger charge is 2.35. The molecule has 2 rings (SSSR count). The summed E-state index contributed by atoms with van der Waals surface area (Å²) in [6.45, 7) is 2.48. The lowest BCUT2D eigenvalue weighted by Gasteiger charge is -2.43. The van der Waals surface area contributed by atoms with Gasteiger partial charge in [0.2, 0.25) is 0 Å². The molecule has 134 valence electrons. The molecular weight excluding hydrogens is 307 g/mol. The average molecular weight is 336 g/mol. The van der Waals surface area contributed by atoms with Crippen LogP contribution in [0.15, 0.2) is 24.3 Å². The van der Waals surface area contributed by atoms with Crippen molar-refractivity contribution >= 4 is 5.91 Å². The van der Waals surface area contributed by atoms with Gasteiger partial charge in [-0.05, 0) is 45.5 Å². The number of likely N-dealkylation sites (N-methyl/N-ethyl adjacent to an activating group) is 1. The van der Waals surface area contributed by atoms with Gasteiger partial charge in [-0.15, -0.1) is 0 Å². The zero-order chi connectivity index (χ0) is 17.6. The molecule has 0 radical (unpaired) electrons. The summed E-state index contributed by atoms with van der Waals surface area (Å²) in [6.07, 6.45) is 5.64. The van der Waals surface area contributed by atoms with Gasteiger partial charge in [-0.2, -0.15) is 0 Å². The lowest BCUT2D eigenvalue weighted by molar-refractivity contribution is -0.129. The first-order valence-corrected chi connectivity index (χ1v) is 8.85.